The van der Waals surface area contributed by atoms with Crippen LogP contribution in [0.15, 0.2) is 30.5 Å². The van der Waals surface area contributed by atoms with Crippen LogP contribution in [0.4, 0.5) is 5.82 Å². The van der Waals surface area contributed by atoms with Crippen LogP contribution in [0.3, 0.4) is 0 Å². The van der Waals surface area contributed by atoms with Gasteiger partial charge in [-0.1, -0.05) is 0 Å². The Labute approximate surface area is 120 Å². The number of ether oxygens (including phenoxy) is 1. The zero-order valence-electron chi connectivity index (χ0n) is 10.2. The number of halogens is 1. The van der Waals surface area contributed by atoms with Gasteiger partial charge in [0.05, 0.1) is 18.0 Å². The van der Waals surface area contributed by atoms with Gasteiger partial charge in [0, 0.05) is 5.56 Å². The summed E-state index contributed by atoms with van der Waals surface area (Å²) in [4.78, 5) is 8.49. The number of nitrogens with two attached hydrogens (primary N) is 1. The molecule has 5 heteroatoms. The first-order chi connectivity index (χ1) is 8.56. The average Bonchev–Trinajstić information content (AvgIpc) is 2.33. The monoisotopic (exact) mass is 355 g/mol. The van der Waals surface area contributed by atoms with Crippen molar-refractivity contribution < 1.29 is 4.74 Å². The molecule has 2 N–H and O–H groups in total. The van der Waals surface area contributed by atoms with Crippen molar-refractivity contribution in [3.63, 3.8) is 0 Å². The van der Waals surface area contributed by atoms with Crippen molar-refractivity contribution in [2.75, 3.05) is 5.73 Å². The fourth-order valence-corrected chi connectivity index (χ4v) is 1.89. The first kappa shape index (κ1) is 13.1. The molecule has 0 aliphatic heterocycles. The number of nitrogen functional groups attached to an aromatic ring is 1. The topological polar surface area (TPSA) is 61.0 Å². The van der Waals surface area contributed by atoms with E-state index in [-0.39, 0.29) is 6.10 Å². The summed E-state index contributed by atoms with van der Waals surface area (Å²) >= 11 is 2.08. The Hall–Kier alpha value is -1.37. The largest absolute Gasteiger partial charge is 0.491 e. The molecule has 4 nitrogen and oxygen atoms in total. The first-order valence-electron chi connectivity index (χ1n) is 5.61. The average molecular weight is 355 g/mol. The van der Waals surface area contributed by atoms with E-state index in [1.165, 1.54) is 0 Å². The van der Waals surface area contributed by atoms with Crippen LogP contribution in [0.1, 0.15) is 13.8 Å². The van der Waals surface area contributed by atoms with E-state index in [1.54, 1.807) is 6.20 Å². The SMILES string of the molecule is CC(C)Oc1ccc(-c2cnc(N)c(I)n2)cc1. The highest BCUT2D eigenvalue weighted by Crippen LogP contribution is 2.22. The fraction of sp³-hybridized carbons (Fsp3) is 0.231. The zero-order valence-corrected chi connectivity index (χ0v) is 12.4. The van der Waals surface area contributed by atoms with Crippen molar-refractivity contribution in [1.82, 2.24) is 9.97 Å². The molecular formula is C13H14IN3O. The number of benzene rings is 1. The van der Waals surface area contributed by atoms with Crippen LogP contribution in [0, 0.1) is 3.70 Å². The van der Waals surface area contributed by atoms with E-state index in [0.29, 0.717) is 9.52 Å². The number of nitrogens with zero attached hydrogens (tertiary/aromatic N) is 2. The normalized spacial score (nSPS) is 10.7. The molecule has 0 fully saturated rings. The molecule has 2 aromatic rings. The highest BCUT2D eigenvalue weighted by molar-refractivity contribution is 14.1. The van der Waals surface area contributed by atoms with Crippen molar-refractivity contribution in [3.05, 3.63) is 34.2 Å². The van der Waals surface area contributed by atoms with Crippen LogP contribution in [0.5, 0.6) is 5.75 Å². The molecule has 0 saturated carbocycles. The minimum Gasteiger partial charge on any atom is -0.491 e. The summed E-state index contributed by atoms with van der Waals surface area (Å²) in [5, 5.41) is 0. The van der Waals surface area contributed by atoms with Gasteiger partial charge < -0.3 is 10.5 Å². The van der Waals surface area contributed by atoms with E-state index in [2.05, 4.69) is 32.6 Å². The fourth-order valence-electron chi connectivity index (χ4n) is 1.49. The minimum atomic E-state index is 0.174. The summed E-state index contributed by atoms with van der Waals surface area (Å²) in [6, 6.07) is 7.79. The predicted octanol–water partition coefficient (Wildman–Crippen LogP) is 3.12. The first-order valence-corrected chi connectivity index (χ1v) is 6.69. The molecule has 0 spiro atoms. The van der Waals surface area contributed by atoms with Crippen LogP contribution in [-0.4, -0.2) is 16.1 Å². The summed E-state index contributed by atoms with van der Waals surface area (Å²) < 4.78 is 6.31. The van der Waals surface area contributed by atoms with E-state index >= 15 is 0 Å². The van der Waals surface area contributed by atoms with Crippen LogP contribution in [0.25, 0.3) is 11.3 Å². The molecule has 2 rings (SSSR count). The highest BCUT2D eigenvalue weighted by Gasteiger charge is 2.05. The number of hydrogen-bond donors (Lipinski definition) is 1. The van der Waals surface area contributed by atoms with E-state index < -0.39 is 0 Å². The van der Waals surface area contributed by atoms with Crippen LogP contribution in [-0.2, 0) is 0 Å². The third kappa shape index (κ3) is 3.10. The van der Waals surface area contributed by atoms with Gasteiger partial charge in [-0.15, -0.1) is 0 Å². The molecule has 0 atom stereocenters. The molecule has 1 aromatic carbocycles. The molecule has 1 heterocycles. The van der Waals surface area contributed by atoms with Gasteiger partial charge in [0.25, 0.3) is 0 Å². The third-order valence-electron chi connectivity index (χ3n) is 2.28. The Balaban J connectivity index is 2.25. The Morgan fingerprint density at radius 3 is 2.44 bits per heavy atom. The molecule has 0 amide bonds. The lowest BCUT2D eigenvalue weighted by Gasteiger charge is -2.10. The van der Waals surface area contributed by atoms with Gasteiger partial charge in [-0.3, -0.25) is 0 Å². The highest BCUT2D eigenvalue weighted by atomic mass is 127. The lowest BCUT2D eigenvalue weighted by molar-refractivity contribution is 0.242. The van der Waals surface area contributed by atoms with E-state index in [9.17, 15) is 0 Å². The Morgan fingerprint density at radius 1 is 1.22 bits per heavy atom. The van der Waals surface area contributed by atoms with Crippen molar-refractivity contribution in [2.24, 2.45) is 0 Å². The van der Waals surface area contributed by atoms with Crippen molar-refractivity contribution in [2.45, 2.75) is 20.0 Å². The summed E-state index contributed by atoms with van der Waals surface area (Å²) in [5.41, 5.74) is 7.45. The molecule has 0 saturated heterocycles. The number of rotatable bonds is 3. The van der Waals surface area contributed by atoms with Gasteiger partial charge in [0.2, 0.25) is 0 Å². The smallest absolute Gasteiger partial charge is 0.155 e. The van der Waals surface area contributed by atoms with Crippen molar-refractivity contribution >= 4 is 28.4 Å². The maximum Gasteiger partial charge on any atom is 0.155 e. The van der Waals surface area contributed by atoms with Crippen LogP contribution < -0.4 is 10.5 Å². The second-order valence-electron chi connectivity index (χ2n) is 4.12. The minimum absolute atomic E-state index is 0.174. The number of aromatic nitrogens is 2. The van der Waals surface area contributed by atoms with Gasteiger partial charge in [-0.2, -0.15) is 0 Å². The lowest BCUT2D eigenvalue weighted by Crippen LogP contribution is -2.05. The molecule has 0 radical (unpaired) electrons. The quantitative estimate of drug-likeness (QED) is 0.860. The van der Waals surface area contributed by atoms with E-state index in [1.807, 2.05) is 38.1 Å². The van der Waals surface area contributed by atoms with Gasteiger partial charge in [-0.25, -0.2) is 9.97 Å². The molecule has 94 valence electrons. The molecule has 0 unspecified atom stereocenters. The van der Waals surface area contributed by atoms with Crippen molar-refractivity contribution in [1.29, 1.82) is 0 Å². The second kappa shape index (κ2) is 5.51. The lowest BCUT2D eigenvalue weighted by atomic mass is 10.1. The summed E-state index contributed by atoms with van der Waals surface area (Å²) in [6.07, 6.45) is 1.85. The maximum absolute atomic E-state index is 5.64. The molecule has 0 bridgehead atoms. The third-order valence-corrected chi connectivity index (χ3v) is 3.07. The predicted molar refractivity (Wildman–Crippen MR) is 80.4 cm³/mol. The van der Waals surface area contributed by atoms with Crippen LogP contribution in [0.2, 0.25) is 0 Å². The molecule has 18 heavy (non-hydrogen) atoms. The maximum atomic E-state index is 5.64. The summed E-state index contributed by atoms with van der Waals surface area (Å²) in [5.74, 6) is 1.31. The van der Waals surface area contributed by atoms with E-state index in [0.717, 1.165) is 17.0 Å². The zero-order chi connectivity index (χ0) is 13.1. The van der Waals surface area contributed by atoms with Gasteiger partial charge in [0.1, 0.15) is 9.45 Å². The van der Waals surface area contributed by atoms with Gasteiger partial charge in [-0.05, 0) is 60.7 Å². The summed E-state index contributed by atoms with van der Waals surface area (Å²) in [7, 11) is 0. The molecule has 0 aliphatic rings. The Kier molecular flexibility index (Phi) is 4.00. The van der Waals surface area contributed by atoms with Crippen molar-refractivity contribution in [3.8, 4) is 17.0 Å². The molecular weight excluding hydrogens is 341 g/mol. The number of anilines is 1. The standard InChI is InChI=1S/C13H14IN3O/c1-8(2)18-10-5-3-9(4-6-10)11-7-16-13(15)12(14)17-11/h3-8H,1-2H3,(H2,15,16). The molecule has 1 aromatic heterocycles. The summed E-state index contributed by atoms with van der Waals surface area (Å²) in [6.45, 7) is 4.00. The Bertz CT molecular complexity index is 540. The van der Waals surface area contributed by atoms with Crippen LogP contribution >= 0.6 is 22.6 Å². The Morgan fingerprint density at radius 2 is 1.89 bits per heavy atom. The molecule has 0 aliphatic carbocycles. The number of hydrogen-bond acceptors (Lipinski definition) is 4. The second-order valence-corrected chi connectivity index (χ2v) is 5.14. The van der Waals surface area contributed by atoms with E-state index in [4.69, 9.17) is 10.5 Å². The van der Waals surface area contributed by atoms with Gasteiger partial charge >= 0.3 is 0 Å². The van der Waals surface area contributed by atoms with Gasteiger partial charge in [0.15, 0.2) is 5.82 Å².